The molecule has 0 aromatic heterocycles. The molecule has 1 aromatic rings. The molecule has 1 aromatic carbocycles. The fraction of sp³-hybridized carbons (Fsp3) is 0.533. The summed E-state index contributed by atoms with van der Waals surface area (Å²) in [6, 6.07) is 10.1. The zero-order chi connectivity index (χ0) is 13.0. The Morgan fingerprint density at radius 2 is 1.84 bits per heavy atom. The fourth-order valence-electron chi connectivity index (χ4n) is 2.74. The predicted molar refractivity (Wildman–Crippen MR) is 80.9 cm³/mol. The number of likely N-dealkylation sites (tertiary alicyclic amines) is 1. The number of carbonyl (C=O) groups excluding carboxylic acids is 1. The monoisotopic (exact) mass is 328 g/mol. The highest BCUT2D eigenvalue weighted by Gasteiger charge is 2.45. The van der Waals surface area contributed by atoms with Gasteiger partial charge in [0.1, 0.15) is 5.41 Å². The van der Waals surface area contributed by atoms with Crippen molar-refractivity contribution in [3.63, 3.8) is 0 Å². The molecule has 0 bridgehead atoms. The molecule has 2 rings (SSSR count). The third-order valence-corrected chi connectivity index (χ3v) is 3.95. The van der Waals surface area contributed by atoms with Crippen molar-refractivity contribution in [2.75, 3.05) is 26.7 Å². The molecule has 0 aliphatic carbocycles. The second kappa shape index (κ2) is 7.06. The number of carbonyl (C=O) groups is 1. The second-order valence-electron chi connectivity index (χ2n) is 5.13. The lowest BCUT2D eigenvalue weighted by atomic mass is 9.73. The summed E-state index contributed by atoms with van der Waals surface area (Å²) in [6.45, 7) is 4.37. The molecule has 1 fully saturated rings. The van der Waals surface area contributed by atoms with Gasteiger partial charge in [-0.25, -0.2) is 0 Å². The van der Waals surface area contributed by atoms with Crippen LogP contribution in [0.15, 0.2) is 30.3 Å². The maximum absolute atomic E-state index is 12.4. The van der Waals surface area contributed by atoms with E-state index in [-0.39, 0.29) is 23.0 Å². The van der Waals surface area contributed by atoms with Crippen molar-refractivity contribution in [2.45, 2.75) is 25.2 Å². The normalized spacial score (nSPS) is 26.3. The minimum Gasteiger partial charge on any atom is -0.465 e. The summed E-state index contributed by atoms with van der Waals surface area (Å²) >= 11 is 0. The molecule has 1 heterocycles. The van der Waals surface area contributed by atoms with Crippen LogP contribution < -0.4 is 4.90 Å². The largest absolute Gasteiger partial charge is 0.465 e. The molecule has 0 saturated carbocycles. The molecule has 0 amide bonds. The first-order chi connectivity index (χ1) is 8.69. The number of rotatable bonds is 3. The quantitative estimate of drug-likeness (QED) is 0.850. The van der Waals surface area contributed by atoms with Gasteiger partial charge in [0.05, 0.1) is 26.7 Å². The zero-order valence-corrected chi connectivity index (χ0v) is 13.4. The van der Waals surface area contributed by atoms with Crippen LogP contribution >= 0.6 is 17.0 Å². The summed E-state index contributed by atoms with van der Waals surface area (Å²) < 4.78 is 5.33. The van der Waals surface area contributed by atoms with Gasteiger partial charge in [-0.3, -0.25) is 4.79 Å². The van der Waals surface area contributed by atoms with Gasteiger partial charge in [-0.2, -0.15) is 0 Å². The van der Waals surface area contributed by atoms with E-state index in [1.165, 1.54) is 4.90 Å². The number of hydrogen-bond donors (Lipinski definition) is 1. The minimum atomic E-state index is -0.420. The molecule has 4 heteroatoms. The first-order valence-corrected chi connectivity index (χ1v) is 6.73. The van der Waals surface area contributed by atoms with Gasteiger partial charge >= 0.3 is 5.97 Å². The summed E-state index contributed by atoms with van der Waals surface area (Å²) in [6.07, 6.45) is 1.75. The highest BCUT2D eigenvalue weighted by molar-refractivity contribution is 8.93. The number of esters is 1. The van der Waals surface area contributed by atoms with E-state index < -0.39 is 5.41 Å². The highest BCUT2D eigenvalue weighted by atomic mass is 79.9. The molecule has 0 atom stereocenters. The zero-order valence-electron chi connectivity index (χ0n) is 11.6. The average molecular weight is 329 g/mol. The van der Waals surface area contributed by atoms with Crippen molar-refractivity contribution >= 4 is 23.0 Å². The van der Waals surface area contributed by atoms with E-state index >= 15 is 0 Å². The third-order valence-electron chi connectivity index (χ3n) is 3.95. The van der Waals surface area contributed by atoms with Crippen molar-refractivity contribution in [3.8, 4) is 0 Å². The average Bonchev–Trinajstić information content (AvgIpc) is 2.41. The molecule has 3 nitrogen and oxygen atoms in total. The van der Waals surface area contributed by atoms with Crippen LogP contribution in [0.5, 0.6) is 0 Å². The first kappa shape index (κ1) is 16.2. The standard InChI is InChI=1S/C15H21NO2.BrH/c1-3-18-14(17)15(9-11-16(2)12-10-15)13-7-5-4-6-8-13;/h4-8H,3,9-12H2,1-2H3;1H/p+1. The van der Waals surface area contributed by atoms with E-state index in [1.807, 2.05) is 25.1 Å². The molecule has 1 N–H and O–H groups in total. The Bertz CT molecular complexity index is 400. The molecule has 106 valence electrons. The van der Waals surface area contributed by atoms with Gasteiger partial charge in [0.15, 0.2) is 0 Å². The lowest BCUT2D eigenvalue weighted by molar-refractivity contribution is -0.886. The van der Waals surface area contributed by atoms with Crippen molar-refractivity contribution < 1.29 is 14.4 Å². The first-order valence-electron chi connectivity index (χ1n) is 6.73. The van der Waals surface area contributed by atoms with E-state index in [1.54, 1.807) is 0 Å². The van der Waals surface area contributed by atoms with Gasteiger partial charge in [0.25, 0.3) is 0 Å². The number of ether oxygens (including phenoxy) is 1. The predicted octanol–water partition coefficient (Wildman–Crippen LogP) is 1.37. The molecule has 0 radical (unpaired) electrons. The molecule has 0 spiro atoms. The number of nitrogens with one attached hydrogen (secondary N) is 1. The van der Waals surface area contributed by atoms with Crippen LogP contribution in [0.25, 0.3) is 0 Å². The summed E-state index contributed by atoms with van der Waals surface area (Å²) in [7, 11) is 2.18. The smallest absolute Gasteiger partial charge is 0.317 e. The van der Waals surface area contributed by atoms with E-state index in [9.17, 15) is 4.79 Å². The third kappa shape index (κ3) is 3.37. The van der Waals surface area contributed by atoms with Crippen LogP contribution in [0.2, 0.25) is 0 Å². The Hall–Kier alpha value is -0.870. The molecular weight excluding hydrogens is 306 g/mol. The molecular formula is C15H23BrNO2+. The topological polar surface area (TPSA) is 30.7 Å². The molecule has 1 aliphatic heterocycles. The molecule has 1 saturated heterocycles. The molecule has 1 aliphatic rings. The van der Waals surface area contributed by atoms with Gasteiger partial charge in [0.2, 0.25) is 0 Å². The summed E-state index contributed by atoms with van der Waals surface area (Å²) in [5.74, 6) is -0.0521. The van der Waals surface area contributed by atoms with E-state index in [0.717, 1.165) is 31.5 Å². The van der Waals surface area contributed by atoms with Crippen molar-refractivity contribution in [1.29, 1.82) is 0 Å². The maximum atomic E-state index is 12.4. The van der Waals surface area contributed by atoms with Gasteiger partial charge in [-0.1, -0.05) is 30.3 Å². The van der Waals surface area contributed by atoms with Crippen molar-refractivity contribution in [1.82, 2.24) is 0 Å². The minimum absolute atomic E-state index is 0. The summed E-state index contributed by atoms with van der Waals surface area (Å²) in [5.41, 5.74) is 0.688. The van der Waals surface area contributed by atoms with E-state index in [4.69, 9.17) is 4.74 Å². The SMILES string of the molecule is Br.CCOC(=O)C1(c2ccccc2)CC[NH+](C)CC1. The summed E-state index contributed by atoms with van der Waals surface area (Å²) in [4.78, 5) is 13.9. The van der Waals surface area contributed by atoms with Crippen LogP contribution in [0.1, 0.15) is 25.3 Å². The Labute approximate surface area is 125 Å². The van der Waals surface area contributed by atoms with E-state index in [0.29, 0.717) is 6.61 Å². The van der Waals surface area contributed by atoms with Crippen LogP contribution in [0, 0.1) is 0 Å². The van der Waals surface area contributed by atoms with Gasteiger partial charge in [-0.15, -0.1) is 17.0 Å². The van der Waals surface area contributed by atoms with Crippen LogP contribution in [0.3, 0.4) is 0 Å². The van der Waals surface area contributed by atoms with Crippen LogP contribution in [-0.4, -0.2) is 32.7 Å². The van der Waals surface area contributed by atoms with Crippen LogP contribution in [-0.2, 0) is 14.9 Å². The van der Waals surface area contributed by atoms with Gasteiger partial charge in [0, 0.05) is 12.8 Å². The second-order valence-corrected chi connectivity index (χ2v) is 5.13. The summed E-state index contributed by atoms with van der Waals surface area (Å²) in [5, 5.41) is 0. The Morgan fingerprint density at radius 3 is 2.37 bits per heavy atom. The molecule has 0 unspecified atom stereocenters. The fourth-order valence-corrected chi connectivity index (χ4v) is 2.74. The van der Waals surface area contributed by atoms with Gasteiger partial charge < -0.3 is 9.64 Å². The lowest BCUT2D eigenvalue weighted by Crippen LogP contribution is -3.10. The Balaban J connectivity index is 0.00000180. The Kier molecular flexibility index (Phi) is 6.01. The number of hydrogen-bond acceptors (Lipinski definition) is 2. The number of benzene rings is 1. The molecule has 19 heavy (non-hydrogen) atoms. The Morgan fingerprint density at radius 1 is 1.26 bits per heavy atom. The van der Waals surface area contributed by atoms with Crippen molar-refractivity contribution in [3.05, 3.63) is 35.9 Å². The van der Waals surface area contributed by atoms with Crippen LogP contribution in [0.4, 0.5) is 0 Å². The van der Waals surface area contributed by atoms with Gasteiger partial charge in [-0.05, 0) is 12.5 Å². The van der Waals surface area contributed by atoms with E-state index in [2.05, 4.69) is 19.2 Å². The number of piperidine rings is 1. The lowest BCUT2D eigenvalue weighted by Gasteiger charge is -2.37. The van der Waals surface area contributed by atoms with Crippen molar-refractivity contribution in [2.24, 2.45) is 0 Å². The number of halogens is 1. The maximum Gasteiger partial charge on any atom is 0.317 e. The number of quaternary nitrogens is 1. The highest BCUT2D eigenvalue weighted by Crippen LogP contribution is 2.33.